The fourth-order valence-corrected chi connectivity index (χ4v) is 9.20. The van der Waals surface area contributed by atoms with Gasteiger partial charge < -0.3 is 14.9 Å². The Bertz CT molecular complexity index is 1020. The molecular formula is C28H48ClN2O2PS4. The fraction of sp³-hybridized carbons (Fsp3) is 0.571. The van der Waals surface area contributed by atoms with E-state index < -0.39 is 13.3 Å². The van der Waals surface area contributed by atoms with Crippen LogP contribution in [-0.4, -0.2) is 35.0 Å². The van der Waals surface area contributed by atoms with Crippen LogP contribution >= 0.6 is 72.9 Å². The van der Waals surface area contributed by atoms with Gasteiger partial charge in [-0.1, -0.05) is 63.4 Å². The summed E-state index contributed by atoms with van der Waals surface area (Å²) in [5, 5.41) is 14.2. The monoisotopic (exact) mass is 638 g/mol. The molecule has 2 N–H and O–H groups in total. The van der Waals surface area contributed by atoms with Crippen molar-refractivity contribution in [3.63, 3.8) is 0 Å². The number of nitrogens with zero attached hydrogens (tertiary/aromatic N) is 1. The molecule has 4 nitrogen and oxygen atoms in total. The second-order valence-corrected chi connectivity index (χ2v) is 11.9. The number of aliphatic hydroxyl groups is 1. The maximum atomic E-state index is 10.8. The highest BCUT2D eigenvalue weighted by Gasteiger charge is 2.58. The number of benzene rings is 2. The number of nitrogens with one attached hydrogen (secondary N) is 1. The SMILES string of the molecule is C.C.ClP1O[C@]2(CCc3ccccc32)[C@@H]2CCCN21.O[C@@]1([C@@H]2CCCN2)CCc2ccccc21.S.S.S.S. The summed E-state index contributed by atoms with van der Waals surface area (Å²) in [6.45, 7) is 2.17. The first kappa shape index (κ1) is 38.4. The predicted octanol–water partition coefficient (Wildman–Crippen LogP) is 7.08. The highest BCUT2D eigenvalue weighted by Crippen LogP contribution is 2.67. The Hall–Kier alpha value is 0.400. The Kier molecular flexibility index (Phi) is 15.7. The highest BCUT2D eigenvalue weighted by molar-refractivity contribution is 7.78. The van der Waals surface area contributed by atoms with E-state index in [1.807, 2.05) is 6.07 Å². The second kappa shape index (κ2) is 15.6. The molecule has 2 aromatic rings. The molecular weight excluding hydrogens is 591 g/mol. The van der Waals surface area contributed by atoms with Crippen molar-refractivity contribution in [2.45, 2.75) is 89.5 Å². The van der Waals surface area contributed by atoms with Gasteiger partial charge in [0, 0.05) is 12.6 Å². The molecule has 5 atom stereocenters. The molecule has 3 fully saturated rings. The molecule has 7 rings (SSSR count). The molecule has 0 aromatic heterocycles. The minimum atomic E-state index is -0.884. The molecule has 2 aliphatic carbocycles. The predicted molar refractivity (Wildman–Crippen MR) is 185 cm³/mol. The zero-order chi connectivity index (χ0) is 21.8. The van der Waals surface area contributed by atoms with Crippen LogP contribution < -0.4 is 5.32 Å². The summed E-state index contributed by atoms with van der Waals surface area (Å²) < 4.78 is 8.66. The molecule has 0 amide bonds. The molecule has 3 saturated heterocycles. The lowest BCUT2D eigenvalue weighted by molar-refractivity contribution is 0.00461. The van der Waals surface area contributed by atoms with Crippen LogP contribution in [0.15, 0.2) is 48.5 Å². The van der Waals surface area contributed by atoms with E-state index in [-0.39, 0.29) is 80.5 Å². The van der Waals surface area contributed by atoms with E-state index in [9.17, 15) is 5.11 Å². The largest absolute Gasteiger partial charge is 0.384 e. The molecule has 10 heteroatoms. The molecule has 1 unspecified atom stereocenters. The average Bonchev–Trinajstić information content (AvgIpc) is 3.62. The third-order valence-corrected chi connectivity index (χ3v) is 10.5. The molecule has 1 spiro atoms. The molecule has 2 aromatic carbocycles. The van der Waals surface area contributed by atoms with Crippen molar-refractivity contribution in [2.24, 2.45) is 0 Å². The first-order valence-corrected chi connectivity index (χ1v) is 14.3. The van der Waals surface area contributed by atoms with E-state index in [4.69, 9.17) is 15.8 Å². The Labute approximate surface area is 264 Å². The zero-order valence-electron chi connectivity index (χ0n) is 20.5. The highest BCUT2D eigenvalue weighted by atomic mass is 35.7. The minimum Gasteiger partial charge on any atom is -0.384 e. The number of fused-ring (bicyclic) bond motifs is 5. The van der Waals surface area contributed by atoms with Gasteiger partial charge in [0.15, 0.2) is 0 Å². The maximum Gasteiger partial charge on any atom is 0.208 e. The van der Waals surface area contributed by atoms with E-state index in [2.05, 4.69) is 52.5 Å². The topological polar surface area (TPSA) is 44.7 Å². The maximum absolute atomic E-state index is 10.8. The van der Waals surface area contributed by atoms with Crippen molar-refractivity contribution >= 4 is 72.9 Å². The molecule has 38 heavy (non-hydrogen) atoms. The van der Waals surface area contributed by atoms with E-state index in [1.165, 1.54) is 36.0 Å². The normalized spacial score (nSPS) is 31.4. The van der Waals surface area contributed by atoms with Crippen LogP contribution in [0.1, 0.15) is 75.6 Å². The Morgan fingerprint density at radius 1 is 0.868 bits per heavy atom. The summed E-state index contributed by atoms with van der Waals surface area (Å²) in [4.78, 5) is 0. The number of halogens is 1. The Morgan fingerprint density at radius 2 is 1.47 bits per heavy atom. The van der Waals surface area contributed by atoms with Crippen molar-refractivity contribution in [3.05, 3.63) is 70.8 Å². The van der Waals surface area contributed by atoms with Gasteiger partial charge in [0.2, 0.25) is 7.65 Å². The summed E-state index contributed by atoms with van der Waals surface area (Å²) in [5.41, 5.74) is 4.66. The van der Waals surface area contributed by atoms with Crippen molar-refractivity contribution in [1.82, 2.24) is 9.99 Å². The van der Waals surface area contributed by atoms with Crippen LogP contribution in [0.5, 0.6) is 0 Å². The molecule has 3 heterocycles. The van der Waals surface area contributed by atoms with Crippen LogP contribution in [0.25, 0.3) is 0 Å². The van der Waals surface area contributed by atoms with Crippen LogP contribution in [0, 0.1) is 0 Å². The van der Waals surface area contributed by atoms with Gasteiger partial charge in [-0.05, 0) is 91.4 Å². The lowest BCUT2D eigenvalue weighted by atomic mass is 9.87. The van der Waals surface area contributed by atoms with E-state index in [0.717, 1.165) is 50.8 Å². The lowest BCUT2D eigenvalue weighted by Crippen LogP contribution is -2.43. The van der Waals surface area contributed by atoms with Crippen LogP contribution in [0.4, 0.5) is 0 Å². The lowest BCUT2D eigenvalue weighted by Gasteiger charge is -2.31. The third kappa shape index (κ3) is 6.40. The number of hydrogen-bond acceptors (Lipinski definition) is 4. The van der Waals surface area contributed by atoms with Crippen molar-refractivity contribution < 1.29 is 9.63 Å². The number of rotatable bonds is 1. The van der Waals surface area contributed by atoms with Gasteiger partial charge in [0.25, 0.3) is 0 Å². The molecule has 218 valence electrons. The molecule has 0 saturated carbocycles. The fourth-order valence-electron chi connectivity index (χ4n) is 6.78. The van der Waals surface area contributed by atoms with E-state index >= 15 is 0 Å². The van der Waals surface area contributed by atoms with Crippen molar-refractivity contribution in [3.8, 4) is 0 Å². The summed E-state index contributed by atoms with van der Waals surface area (Å²) in [7, 11) is -0.884. The van der Waals surface area contributed by atoms with Gasteiger partial charge in [0.05, 0.1) is 6.04 Å². The summed E-state index contributed by atoms with van der Waals surface area (Å²) in [6, 6.07) is 17.8. The number of aryl methyl sites for hydroxylation is 2. The second-order valence-electron chi connectivity index (χ2n) is 9.92. The van der Waals surface area contributed by atoms with Crippen molar-refractivity contribution in [2.75, 3.05) is 13.1 Å². The smallest absolute Gasteiger partial charge is 0.208 e. The molecule has 0 bridgehead atoms. The summed E-state index contributed by atoms with van der Waals surface area (Å²) in [6.07, 6.45) is 8.94. The van der Waals surface area contributed by atoms with E-state index in [0.29, 0.717) is 6.04 Å². The van der Waals surface area contributed by atoms with Gasteiger partial charge in [-0.3, -0.25) is 0 Å². The molecule has 0 radical (unpaired) electrons. The quantitative estimate of drug-likeness (QED) is 0.328. The van der Waals surface area contributed by atoms with Gasteiger partial charge in [-0.2, -0.15) is 54.0 Å². The molecule has 5 aliphatic rings. The van der Waals surface area contributed by atoms with Crippen LogP contribution in [-0.2, 0) is 28.6 Å². The minimum absolute atomic E-state index is 0. The van der Waals surface area contributed by atoms with Crippen LogP contribution in [0.3, 0.4) is 0 Å². The van der Waals surface area contributed by atoms with Crippen LogP contribution in [0.2, 0.25) is 0 Å². The van der Waals surface area contributed by atoms with Gasteiger partial charge in [-0.25, -0.2) is 4.67 Å². The van der Waals surface area contributed by atoms with Gasteiger partial charge >= 0.3 is 0 Å². The standard InChI is InChI=1S/C13H15ClNOP.C13H17NO.2CH4.4H2S/c14-17-15-9-3-6-12(15)13(16-17)8-7-10-4-1-2-5-11(10)13;15-13(12-6-3-9-14-12)8-7-10-4-1-2-5-11(10)13;;;;;;/h1-2,4-5,12H,3,6-9H2;1-2,4-5,12,14-15H,3,6-9H2;2*1H4;4*1H2/t12-,13-,17?;12-,13-;;;;;;/m00....../s1. The van der Waals surface area contributed by atoms with Gasteiger partial charge in [-0.15, -0.1) is 0 Å². The van der Waals surface area contributed by atoms with E-state index in [1.54, 1.807) is 0 Å². The first-order valence-electron chi connectivity index (χ1n) is 12.2. The van der Waals surface area contributed by atoms with Gasteiger partial charge in [0.1, 0.15) is 11.2 Å². The summed E-state index contributed by atoms with van der Waals surface area (Å²) in [5.74, 6) is 0. The Morgan fingerprint density at radius 3 is 2.13 bits per heavy atom. The number of hydrogen-bond donors (Lipinski definition) is 2. The Balaban J connectivity index is 0.000000626. The third-order valence-electron chi connectivity index (χ3n) is 8.34. The first-order chi connectivity index (χ1) is 15.6. The zero-order valence-corrected chi connectivity index (χ0v) is 26.1. The molecule has 3 aliphatic heterocycles. The van der Waals surface area contributed by atoms with Crippen molar-refractivity contribution in [1.29, 1.82) is 0 Å². The average molecular weight is 639 g/mol. The summed E-state index contributed by atoms with van der Waals surface area (Å²) >= 11 is 6.42.